The van der Waals surface area contributed by atoms with Crippen LogP contribution in [-0.4, -0.2) is 64.3 Å². The van der Waals surface area contributed by atoms with E-state index in [-0.39, 0.29) is 11.3 Å². The van der Waals surface area contributed by atoms with Gasteiger partial charge in [-0.2, -0.15) is 0 Å². The lowest BCUT2D eigenvalue weighted by molar-refractivity contribution is -0.244. The fraction of sp³-hybridized carbons (Fsp3) is 0.692. The summed E-state index contributed by atoms with van der Waals surface area (Å²) in [6, 6.07) is 5.01. The van der Waals surface area contributed by atoms with Gasteiger partial charge in [0.05, 0.1) is 6.61 Å². The molecule has 2 saturated carbocycles. The number of benzene rings is 1. The van der Waals surface area contributed by atoms with Crippen molar-refractivity contribution in [1.82, 2.24) is 5.32 Å². The zero-order valence-corrected chi connectivity index (χ0v) is 19.8. The van der Waals surface area contributed by atoms with Gasteiger partial charge in [0, 0.05) is 18.8 Å². The van der Waals surface area contributed by atoms with E-state index < -0.39 is 37.3 Å². The van der Waals surface area contributed by atoms with E-state index in [1.165, 1.54) is 18.1 Å². The number of hydrogen-bond donors (Lipinski definition) is 4. The van der Waals surface area contributed by atoms with Crippen LogP contribution in [0.1, 0.15) is 63.0 Å². The number of ketones is 1. The summed E-state index contributed by atoms with van der Waals surface area (Å²) >= 11 is 0. The number of rotatable bonds is 4. The Kier molecular flexibility index (Phi) is 6.21. The van der Waals surface area contributed by atoms with E-state index >= 15 is 0 Å². The SMILES string of the molecule is CC(=O)N[C@@H]1[C@H](Oc2ccc3c(c2)CC[C@@H]2[C@@H]3CC[C@]3(C)C(=O)CC[C@H]23)O[C@H](CO)[C@@H](O)[C@H]1O. The van der Waals surface area contributed by atoms with E-state index in [2.05, 4.69) is 18.3 Å². The number of fused-ring (bicyclic) bond motifs is 5. The lowest BCUT2D eigenvalue weighted by atomic mass is 9.55. The number of Topliss-reactive ketones (excluding diaryl/α,β-unsaturated/α-hetero) is 1. The Morgan fingerprint density at radius 1 is 1.21 bits per heavy atom. The molecule has 0 unspecified atom stereocenters. The van der Waals surface area contributed by atoms with Crippen molar-refractivity contribution in [1.29, 1.82) is 0 Å². The van der Waals surface area contributed by atoms with Gasteiger partial charge >= 0.3 is 0 Å². The summed E-state index contributed by atoms with van der Waals surface area (Å²) in [6.45, 7) is 3.01. The first-order valence-electron chi connectivity index (χ1n) is 12.4. The number of ether oxygens (including phenoxy) is 2. The van der Waals surface area contributed by atoms with Crippen LogP contribution in [-0.2, 0) is 20.7 Å². The molecular formula is C26H35NO7. The van der Waals surface area contributed by atoms with Gasteiger partial charge in [0.1, 0.15) is 35.9 Å². The molecule has 4 aliphatic rings. The first-order valence-corrected chi connectivity index (χ1v) is 12.4. The van der Waals surface area contributed by atoms with Crippen LogP contribution in [0.25, 0.3) is 0 Å². The molecule has 3 fully saturated rings. The lowest BCUT2D eigenvalue weighted by Gasteiger charge is -2.48. The van der Waals surface area contributed by atoms with Crippen LogP contribution in [0.3, 0.4) is 0 Å². The predicted molar refractivity (Wildman–Crippen MR) is 122 cm³/mol. The maximum Gasteiger partial charge on any atom is 0.223 e. The third-order valence-corrected chi connectivity index (χ3v) is 8.91. The second kappa shape index (κ2) is 8.90. The first kappa shape index (κ1) is 23.7. The largest absolute Gasteiger partial charge is 0.463 e. The van der Waals surface area contributed by atoms with E-state index in [1.807, 2.05) is 12.1 Å². The molecule has 8 nitrogen and oxygen atoms in total. The Labute approximate surface area is 199 Å². The highest BCUT2D eigenvalue weighted by Crippen LogP contribution is 2.59. The molecule has 9 atom stereocenters. The molecular weight excluding hydrogens is 438 g/mol. The normalized spacial score (nSPS) is 41.3. The van der Waals surface area contributed by atoms with Gasteiger partial charge in [-0.1, -0.05) is 13.0 Å². The number of carbonyl (C=O) groups excluding carboxylic acids is 2. The molecule has 5 rings (SSSR count). The van der Waals surface area contributed by atoms with E-state index in [0.29, 0.717) is 29.3 Å². The molecule has 3 aliphatic carbocycles. The lowest BCUT2D eigenvalue weighted by Crippen LogP contribution is -2.65. The summed E-state index contributed by atoms with van der Waals surface area (Å²) in [4.78, 5) is 24.2. The van der Waals surface area contributed by atoms with E-state index in [1.54, 1.807) is 0 Å². The molecule has 1 amide bonds. The van der Waals surface area contributed by atoms with Crippen molar-refractivity contribution < 1.29 is 34.4 Å². The standard InChI is InChI=1S/C26H35NO7/c1-13(29)27-22-24(32)23(31)20(12-28)34-25(22)33-15-4-6-16-14(11-15)3-5-18-17(16)9-10-26(2)19(18)7-8-21(26)30/h4,6,11,17-20,22-25,28,31-32H,3,5,7-10,12H2,1-2H3,(H,27,29)/t17-,18-,19-,20-,22+,23-,24+,25-,26+/m1/s1. The molecule has 4 N–H and O–H groups in total. The highest BCUT2D eigenvalue weighted by atomic mass is 16.7. The summed E-state index contributed by atoms with van der Waals surface area (Å²) in [5.74, 6) is 2.07. The van der Waals surface area contributed by atoms with Crippen molar-refractivity contribution >= 4 is 11.7 Å². The number of aliphatic hydroxyl groups excluding tert-OH is 3. The average molecular weight is 474 g/mol. The third-order valence-electron chi connectivity index (χ3n) is 8.91. The van der Waals surface area contributed by atoms with Gasteiger partial charge in [0.15, 0.2) is 0 Å². The minimum absolute atomic E-state index is 0.145. The molecule has 1 aliphatic heterocycles. The molecule has 0 aromatic heterocycles. The molecule has 8 heteroatoms. The van der Waals surface area contributed by atoms with Crippen molar-refractivity contribution in [2.24, 2.45) is 17.3 Å². The fourth-order valence-corrected chi connectivity index (χ4v) is 7.11. The Bertz CT molecular complexity index is 966. The Hall–Kier alpha value is -2.00. The van der Waals surface area contributed by atoms with Crippen LogP contribution in [0, 0.1) is 17.3 Å². The molecule has 1 heterocycles. The van der Waals surface area contributed by atoms with Gasteiger partial charge in [-0.05, 0) is 73.1 Å². The second-order valence-corrected chi connectivity index (χ2v) is 10.7. The highest BCUT2D eigenvalue weighted by molar-refractivity contribution is 5.87. The van der Waals surface area contributed by atoms with Crippen molar-refractivity contribution in [2.45, 2.75) is 88.9 Å². The van der Waals surface area contributed by atoms with E-state index in [0.717, 1.165) is 38.5 Å². The van der Waals surface area contributed by atoms with Crippen LogP contribution in [0.15, 0.2) is 18.2 Å². The van der Waals surface area contributed by atoms with Crippen LogP contribution >= 0.6 is 0 Å². The Morgan fingerprint density at radius 3 is 2.74 bits per heavy atom. The minimum atomic E-state index is -1.35. The zero-order valence-electron chi connectivity index (χ0n) is 19.8. The molecule has 0 radical (unpaired) electrons. The topological polar surface area (TPSA) is 125 Å². The molecule has 1 saturated heterocycles. The average Bonchev–Trinajstić information content (AvgIpc) is 3.12. The van der Waals surface area contributed by atoms with E-state index in [4.69, 9.17) is 9.47 Å². The summed E-state index contributed by atoms with van der Waals surface area (Å²) < 4.78 is 11.8. The molecule has 0 spiro atoms. The summed E-state index contributed by atoms with van der Waals surface area (Å²) in [5.41, 5.74) is 2.41. The zero-order chi connectivity index (χ0) is 24.2. The third kappa shape index (κ3) is 3.85. The molecule has 34 heavy (non-hydrogen) atoms. The summed E-state index contributed by atoms with van der Waals surface area (Å²) in [6.07, 6.45) is 0.902. The van der Waals surface area contributed by atoms with Crippen LogP contribution in [0.5, 0.6) is 5.75 Å². The van der Waals surface area contributed by atoms with Crippen molar-refractivity contribution in [3.8, 4) is 5.75 Å². The first-order chi connectivity index (χ1) is 16.2. The number of aryl methyl sites for hydroxylation is 1. The van der Waals surface area contributed by atoms with Crippen molar-refractivity contribution in [3.63, 3.8) is 0 Å². The maximum absolute atomic E-state index is 12.6. The molecule has 1 aromatic rings. The minimum Gasteiger partial charge on any atom is -0.463 e. The van der Waals surface area contributed by atoms with Gasteiger partial charge in [-0.15, -0.1) is 0 Å². The van der Waals surface area contributed by atoms with Gasteiger partial charge in [-0.3, -0.25) is 9.59 Å². The second-order valence-electron chi connectivity index (χ2n) is 10.7. The van der Waals surface area contributed by atoms with Crippen molar-refractivity contribution in [3.05, 3.63) is 29.3 Å². The Morgan fingerprint density at radius 2 is 2.00 bits per heavy atom. The summed E-state index contributed by atoms with van der Waals surface area (Å²) in [7, 11) is 0. The van der Waals surface area contributed by atoms with Gasteiger partial charge < -0.3 is 30.1 Å². The Balaban J connectivity index is 1.36. The number of hydrogen-bond acceptors (Lipinski definition) is 7. The summed E-state index contributed by atoms with van der Waals surface area (Å²) in [5, 5.41) is 32.9. The number of aliphatic hydroxyl groups is 3. The molecule has 1 aromatic carbocycles. The van der Waals surface area contributed by atoms with Crippen LogP contribution < -0.4 is 10.1 Å². The molecule has 186 valence electrons. The quantitative estimate of drug-likeness (QED) is 0.521. The van der Waals surface area contributed by atoms with Crippen LogP contribution in [0.4, 0.5) is 0 Å². The van der Waals surface area contributed by atoms with Gasteiger partial charge in [0.2, 0.25) is 12.2 Å². The maximum atomic E-state index is 12.6. The highest BCUT2D eigenvalue weighted by Gasteiger charge is 2.54. The number of amides is 1. The van der Waals surface area contributed by atoms with Crippen LogP contribution in [0.2, 0.25) is 0 Å². The van der Waals surface area contributed by atoms with Crippen molar-refractivity contribution in [2.75, 3.05) is 6.61 Å². The molecule has 0 bridgehead atoms. The monoisotopic (exact) mass is 473 g/mol. The predicted octanol–water partition coefficient (Wildman–Crippen LogP) is 1.43. The van der Waals surface area contributed by atoms with Gasteiger partial charge in [-0.25, -0.2) is 0 Å². The smallest absolute Gasteiger partial charge is 0.223 e. The van der Waals surface area contributed by atoms with Gasteiger partial charge in [0.25, 0.3) is 0 Å². The number of nitrogens with one attached hydrogen (secondary N) is 1. The number of carbonyl (C=O) groups is 2. The van der Waals surface area contributed by atoms with E-state index in [9.17, 15) is 24.9 Å². The fourth-order valence-electron chi connectivity index (χ4n) is 7.11.